The van der Waals surface area contributed by atoms with E-state index in [0.717, 1.165) is 5.56 Å². The SMILES string of the molecule is NC(=O)CN1C/C(=C/c2ccccn2)C(=O)C(c2ccc(O)cc2)C1. The van der Waals surface area contributed by atoms with E-state index >= 15 is 0 Å². The van der Waals surface area contributed by atoms with Crippen LogP contribution in [0.2, 0.25) is 0 Å². The van der Waals surface area contributed by atoms with Gasteiger partial charge in [0.1, 0.15) is 5.75 Å². The molecule has 0 radical (unpaired) electrons. The summed E-state index contributed by atoms with van der Waals surface area (Å²) in [5.41, 5.74) is 7.40. The zero-order chi connectivity index (χ0) is 17.8. The standard InChI is InChI=1S/C19H19N3O3/c20-18(24)12-22-10-14(9-15-3-1-2-8-21-15)19(25)17(11-22)13-4-6-16(23)7-5-13/h1-9,17,23H,10-12H2,(H2,20,24)/b14-9-. The molecule has 1 aromatic carbocycles. The van der Waals surface area contributed by atoms with E-state index in [-0.39, 0.29) is 18.1 Å². The quantitative estimate of drug-likeness (QED) is 0.820. The van der Waals surface area contributed by atoms with Crippen LogP contribution in [-0.2, 0) is 9.59 Å². The Bertz CT molecular complexity index is 800. The molecule has 1 atom stereocenters. The smallest absolute Gasteiger partial charge is 0.231 e. The van der Waals surface area contributed by atoms with Crippen molar-refractivity contribution in [2.24, 2.45) is 5.73 Å². The first-order valence-corrected chi connectivity index (χ1v) is 7.98. The Morgan fingerprint density at radius 2 is 2.04 bits per heavy atom. The number of rotatable bonds is 4. The summed E-state index contributed by atoms with van der Waals surface area (Å²) in [4.78, 5) is 30.4. The Morgan fingerprint density at radius 1 is 1.28 bits per heavy atom. The lowest BCUT2D eigenvalue weighted by Crippen LogP contribution is -2.44. The fourth-order valence-corrected chi connectivity index (χ4v) is 3.01. The first kappa shape index (κ1) is 16.9. The molecule has 0 spiro atoms. The van der Waals surface area contributed by atoms with Crippen molar-refractivity contribution in [2.75, 3.05) is 19.6 Å². The number of benzene rings is 1. The molecule has 128 valence electrons. The molecule has 3 rings (SSSR count). The summed E-state index contributed by atoms with van der Waals surface area (Å²) in [7, 11) is 0. The van der Waals surface area contributed by atoms with Crippen LogP contribution in [0.5, 0.6) is 5.75 Å². The number of nitrogens with zero attached hydrogens (tertiary/aromatic N) is 2. The van der Waals surface area contributed by atoms with Crippen LogP contribution >= 0.6 is 0 Å². The number of phenolic OH excluding ortho intramolecular Hbond substituents is 1. The summed E-state index contributed by atoms with van der Waals surface area (Å²) >= 11 is 0. The normalized spacial score (nSPS) is 19.9. The van der Waals surface area contributed by atoms with Crippen LogP contribution in [-0.4, -0.2) is 46.3 Å². The summed E-state index contributed by atoms with van der Waals surface area (Å²) in [6.45, 7) is 0.848. The van der Waals surface area contributed by atoms with Crippen molar-refractivity contribution in [3.8, 4) is 5.75 Å². The predicted molar refractivity (Wildman–Crippen MR) is 93.7 cm³/mol. The molecule has 0 bridgehead atoms. The highest BCUT2D eigenvalue weighted by Crippen LogP contribution is 2.28. The Labute approximate surface area is 145 Å². The highest BCUT2D eigenvalue weighted by atomic mass is 16.3. The predicted octanol–water partition coefficient (Wildman–Crippen LogP) is 1.32. The van der Waals surface area contributed by atoms with Crippen molar-refractivity contribution in [3.05, 3.63) is 65.5 Å². The van der Waals surface area contributed by atoms with Gasteiger partial charge in [-0.2, -0.15) is 0 Å². The van der Waals surface area contributed by atoms with E-state index in [0.29, 0.717) is 24.4 Å². The number of primary amides is 1. The second-order valence-electron chi connectivity index (χ2n) is 6.07. The van der Waals surface area contributed by atoms with Crippen LogP contribution in [0.3, 0.4) is 0 Å². The van der Waals surface area contributed by atoms with Gasteiger partial charge < -0.3 is 10.8 Å². The van der Waals surface area contributed by atoms with Gasteiger partial charge in [-0.1, -0.05) is 18.2 Å². The van der Waals surface area contributed by atoms with Crippen LogP contribution in [0.15, 0.2) is 54.2 Å². The van der Waals surface area contributed by atoms with Gasteiger partial charge in [0.15, 0.2) is 5.78 Å². The lowest BCUT2D eigenvalue weighted by Gasteiger charge is -2.32. The Balaban J connectivity index is 1.94. The van der Waals surface area contributed by atoms with E-state index in [9.17, 15) is 14.7 Å². The third-order valence-corrected chi connectivity index (χ3v) is 4.15. The van der Waals surface area contributed by atoms with Gasteiger partial charge in [0.05, 0.1) is 18.2 Å². The van der Waals surface area contributed by atoms with E-state index in [2.05, 4.69) is 4.98 Å². The number of carbonyl (C=O) groups excluding carboxylic acids is 2. The van der Waals surface area contributed by atoms with Crippen molar-refractivity contribution in [1.82, 2.24) is 9.88 Å². The third kappa shape index (κ3) is 4.10. The Kier molecular flexibility index (Phi) is 4.90. The number of nitrogens with two attached hydrogens (primary N) is 1. The number of phenols is 1. The van der Waals surface area contributed by atoms with Crippen LogP contribution < -0.4 is 5.73 Å². The molecule has 1 aliphatic rings. The molecule has 6 nitrogen and oxygen atoms in total. The minimum absolute atomic E-state index is 0.00272. The molecule has 1 aromatic heterocycles. The Morgan fingerprint density at radius 3 is 2.68 bits per heavy atom. The van der Waals surface area contributed by atoms with Crippen LogP contribution in [0.25, 0.3) is 6.08 Å². The third-order valence-electron chi connectivity index (χ3n) is 4.15. The number of Topliss-reactive ketones (excluding diaryl/α,β-unsaturated/α-hetero) is 1. The topological polar surface area (TPSA) is 96.5 Å². The average molecular weight is 337 g/mol. The number of aromatic nitrogens is 1. The van der Waals surface area contributed by atoms with E-state index < -0.39 is 11.8 Å². The molecule has 3 N–H and O–H groups in total. The van der Waals surface area contributed by atoms with E-state index in [1.807, 2.05) is 23.1 Å². The van der Waals surface area contributed by atoms with Gasteiger partial charge in [0.25, 0.3) is 0 Å². The van der Waals surface area contributed by atoms with Crippen molar-refractivity contribution in [3.63, 3.8) is 0 Å². The molecule has 0 aliphatic carbocycles. The molecule has 6 heteroatoms. The number of ketones is 1. The van der Waals surface area contributed by atoms with Gasteiger partial charge in [0.2, 0.25) is 5.91 Å². The summed E-state index contributed by atoms with van der Waals surface area (Å²) in [5, 5.41) is 9.46. The molecule has 1 fully saturated rings. The largest absolute Gasteiger partial charge is 0.508 e. The lowest BCUT2D eigenvalue weighted by atomic mass is 9.86. The molecule has 1 aliphatic heterocycles. The monoisotopic (exact) mass is 337 g/mol. The molecule has 0 saturated carbocycles. The summed E-state index contributed by atoms with van der Waals surface area (Å²) in [6.07, 6.45) is 3.42. The number of hydrogen-bond donors (Lipinski definition) is 2. The maximum atomic E-state index is 12.9. The average Bonchev–Trinajstić information content (AvgIpc) is 2.59. The first-order valence-electron chi connectivity index (χ1n) is 7.98. The van der Waals surface area contributed by atoms with Gasteiger partial charge >= 0.3 is 0 Å². The fraction of sp³-hybridized carbons (Fsp3) is 0.211. The second kappa shape index (κ2) is 7.27. The minimum Gasteiger partial charge on any atom is -0.508 e. The van der Waals surface area contributed by atoms with E-state index in [4.69, 9.17) is 5.73 Å². The van der Waals surface area contributed by atoms with Gasteiger partial charge in [0, 0.05) is 24.9 Å². The number of amides is 1. The van der Waals surface area contributed by atoms with Crippen molar-refractivity contribution >= 4 is 17.8 Å². The van der Waals surface area contributed by atoms with Gasteiger partial charge in [-0.15, -0.1) is 0 Å². The lowest BCUT2D eigenvalue weighted by molar-refractivity contribution is -0.122. The molecule has 1 saturated heterocycles. The zero-order valence-electron chi connectivity index (χ0n) is 13.6. The maximum absolute atomic E-state index is 12.9. The van der Waals surface area contributed by atoms with Gasteiger partial charge in [-0.05, 0) is 35.9 Å². The summed E-state index contributed by atoms with van der Waals surface area (Å²) in [5.74, 6) is -0.707. The molecule has 2 heterocycles. The number of hydrogen-bond acceptors (Lipinski definition) is 5. The molecular weight excluding hydrogens is 318 g/mol. The van der Waals surface area contributed by atoms with Crippen LogP contribution in [0, 0.1) is 0 Å². The summed E-state index contributed by atoms with van der Waals surface area (Å²) in [6, 6.07) is 12.0. The molecule has 1 amide bonds. The van der Waals surface area contributed by atoms with Crippen molar-refractivity contribution in [1.29, 1.82) is 0 Å². The van der Waals surface area contributed by atoms with Crippen LogP contribution in [0.4, 0.5) is 0 Å². The van der Waals surface area contributed by atoms with Gasteiger partial charge in [-0.25, -0.2) is 0 Å². The van der Waals surface area contributed by atoms with Gasteiger partial charge in [-0.3, -0.25) is 19.5 Å². The Hall–Kier alpha value is -2.99. The summed E-state index contributed by atoms with van der Waals surface area (Å²) < 4.78 is 0. The minimum atomic E-state index is -0.434. The molecule has 1 unspecified atom stereocenters. The van der Waals surface area contributed by atoms with E-state index in [1.54, 1.807) is 36.5 Å². The van der Waals surface area contributed by atoms with E-state index in [1.165, 1.54) is 0 Å². The first-order chi connectivity index (χ1) is 12.0. The number of likely N-dealkylation sites (tertiary alicyclic amines) is 1. The number of aromatic hydroxyl groups is 1. The fourth-order valence-electron chi connectivity index (χ4n) is 3.01. The zero-order valence-corrected chi connectivity index (χ0v) is 13.6. The second-order valence-corrected chi connectivity index (χ2v) is 6.07. The molecular formula is C19H19N3O3. The highest BCUT2D eigenvalue weighted by Gasteiger charge is 2.32. The number of pyridine rings is 1. The highest BCUT2D eigenvalue weighted by molar-refractivity contribution is 6.05. The van der Waals surface area contributed by atoms with Crippen molar-refractivity contribution in [2.45, 2.75) is 5.92 Å². The number of piperidine rings is 1. The molecule has 25 heavy (non-hydrogen) atoms. The molecule has 2 aromatic rings. The number of carbonyl (C=O) groups is 2. The maximum Gasteiger partial charge on any atom is 0.231 e. The van der Waals surface area contributed by atoms with Crippen molar-refractivity contribution < 1.29 is 14.7 Å². The van der Waals surface area contributed by atoms with Crippen LogP contribution in [0.1, 0.15) is 17.2 Å².